The molecule has 0 amide bonds. The molecule has 0 aromatic rings. The Morgan fingerprint density at radius 3 is 2.50 bits per heavy atom. The third-order valence-electron chi connectivity index (χ3n) is 1.52. The van der Waals surface area contributed by atoms with Gasteiger partial charge in [0.1, 0.15) is 7.85 Å². The third-order valence-corrected chi connectivity index (χ3v) is 1.52. The lowest BCUT2D eigenvalue weighted by Crippen LogP contribution is -1.95. The molecule has 0 aromatic carbocycles. The number of rotatable bonds is 4. The lowest BCUT2D eigenvalue weighted by atomic mass is 9.95. The molecular formula is C10H13BO. The zero-order valence-corrected chi connectivity index (χ0v) is 7.63. The molecule has 2 heteroatoms. The predicted octanol–water partition coefficient (Wildman–Crippen LogP) is 2.15. The zero-order valence-electron chi connectivity index (χ0n) is 7.63. The fourth-order valence-corrected chi connectivity index (χ4v) is 0.661. The van der Waals surface area contributed by atoms with Gasteiger partial charge in [-0.1, -0.05) is 37.2 Å². The van der Waals surface area contributed by atoms with Crippen molar-refractivity contribution in [2.24, 2.45) is 0 Å². The number of allylic oxidation sites excluding steroid dienone is 5. The van der Waals surface area contributed by atoms with E-state index in [2.05, 4.69) is 6.58 Å². The SMILES string of the molecule is [B]/C(C=C)=C/C=C(/C)C(=O)CC. The summed E-state index contributed by atoms with van der Waals surface area (Å²) in [6.45, 7) is 7.11. The second kappa shape index (κ2) is 5.59. The van der Waals surface area contributed by atoms with Crippen molar-refractivity contribution in [3.63, 3.8) is 0 Å². The van der Waals surface area contributed by atoms with Crippen LogP contribution in [-0.4, -0.2) is 13.6 Å². The van der Waals surface area contributed by atoms with Gasteiger partial charge in [0.2, 0.25) is 0 Å². The molecule has 2 radical (unpaired) electrons. The lowest BCUT2D eigenvalue weighted by molar-refractivity contribution is -0.115. The second-order valence-electron chi connectivity index (χ2n) is 2.50. The molecule has 0 heterocycles. The topological polar surface area (TPSA) is 17.1 Å². The van der Waals surface area contributed by atoms with Crippen molar-refractivity contribution in [2.45, 2.75) is 20.3 Å². The molecule has 0 saturated carbocycles. The van der Waals surface area contributed by atoms with E-state index in [-0.39, 0.29) is 5.78 Å². The molecule has 0 spiro atoms. The highest BCUT2D eigenvalue weighted by Crippen LogP contribution is 2.00. The van der Waals surface area contributed by atoms with Crippen LogP contribution in [-0.2, 0) is 4.79 Å². The van der Waals surface area contributed by atoms with Crippen LogP contribution in [0.3, 0.4) is 0 Å². The molecule has 0 saturated heterocycles. The molecule has 0 unspecified atom stereocenters. The average molecular weight is 160 g/mol. The van der Waals surface area contributed by atoms with Gasteiger partial charge in [-0.3, -0.25) is 4.79 Å². The standard InChI is InChI=1S/C10H13BO/c1-4-9(11)7-6-8(3)10(12)5-2/h4,6-7H,1,5H2,2-3H3/b8-6-,9-7+. The summed E-state index contributed by atoms with van der Waals surface area (Å²) >= 11 is 0. The first-order valence-corrected chi connectivity index (χ1v) is 3.91. The van der Waals surface area contributed by atoms with Crippen LogP contribution < -0.4 is 0 Å². The first-order chi connectivity index (χ1) is 5.61. The Morgan fingerprint density at radius 2 is 2.08 bits per heavy atom. The van der Waals surface area contributed by atoms with Crippen LogP contribution in [0.4, 0.5) is 0 Å². The molecule has 0 aliphatic rings. The highest BCUT2D eigenvalue weighted by atomic mass is 16.1. The number of hydrogen-bond donors (Lipinski definition) is 0. The Hall–Kier alpha value is -1.05. The van der Waals surface area contributed by atoms with E-state index < -0.39 is 0 Å². The van der Waals surface area contributed by atoms with Crippen LogP contribution >= 0.6 is 0 Å². The fourth-order valence-electron chi connectivity index (χ4n) is 0.661. The van der Waals surface area contributed by atoms with Crippen molar-refractivity contribution in [3.05, 3.63) is 35.9 Å². The van der Waals surface area contributed by atoms with Crippen LogP contribution in [0, 0.1) is 0 Å². The highest BCUT2D eigenvalue weighted by molar-refractivity contribution is 6.23. The summed E-state index contributed by atoms with van der Waals surface area (Å²) in [5.74, 6) is 0.142. The van der Waals surface area contributed by atoms with E-state index in [1.165, 1.54) is 0 Å². The highest BCUT2D eigenvalue weighted by Gasteiger charge is 1.97. The van der Waals surface area contributed by atoms with Gasteiger partial charge in [-0.25, -0.2) is 0 Å². The lowest BCUT2D eigenvalue weighted by Gasteiger charge is -1.94. The molecule has 62 valence electrons. The normalized spacial score (nSPS) is 12.8. The van der Waals surface area contributed by atoms with E-state index in [9.17, 15) is 4.79 Å². The minimum atomic E-state index is 0.142. The van der Waals surface area contributed by atoms with Crippen molar-refractivity contribution in [1.82, 2.24) is 0 Å². The number of Topliss-reactive ketones (excluding diaryl/α,β-unsaturated/α-hetero) is 1. The zero-order chi connectivity index (χ0) is 9.56. The van der Waals surface area contributed by atoms with Gasteiger partial charge in [-0.2, -0.15) is 0 Å². The van der Waals surface area contributed by atoms with Crippen molar-refractivity contribution in [1.29, 1.82) is 0 Å². The van der Waals surface area contributed by atoms with Crippen LogP contribution in [0.5, 0.6) is 0 Å². The van der Waals surface area contributed by atoms with E-state index in [0.29, 0.717) is 11.9 Å². The Labute approximate surface area is 75.3 Å². The van der Waals surface area contributed by atoms with Crippen molar-refractivity contribution in [2.75, 3.05) is 0 Å². The molecule has 0 aliphatic heterocycles. The van der Waals surface area contributed by atoms with Gasteiger partial charge < -0.3 is 0 Å². The van der Waals surface area contributed by atoms with Gasteiger partial charge in [0.15, 0.2) is 5.78 Å². The van der Waals surface area contributed by atoms with Crippen LogP contribution in [0.2, 0.25) is 0 Å². The number of ketones is 1. The maximum Gasteiger partial charge on any atom is 0.158 e. The molecule has 0 fully saturated rings. The summed E-state index contributed by atoms with van der Waals surface area (Å²) < 4.78 is 0. The summed E-state index contributed by atoms with van der Waals surface area (Å²) in [7, 11) is 5.45. The van der Waals surface area contributed by atoms with E-state index in [1.807, 2.05) is 6.92 Å². The summed E-state index contributed by atoms with van der Waals surface area (Å²) in [5.41, 5.74) is 1.29. The first kappa shape index (κ1) is 11.0. The Morgan fingerprint density at radius 1 is 1.50 bits per heavy atom. The number of hydrogen-bond acceptors (Lipinski definition) is 1. The largest absolute Gasteiger partial charge is 0.295 e. The summed E-state index contributed by atoms with van der Waals surface area (Å²) in [5, 5.41) is 0. The molecular weight excluding hydrogens is 147 g/mol. The monoisotopic (exact) mass is 160 g/mol. The summed E-state index contributed by atoms with van der Waals surface area (Å²) in [6.07, 6.45) is 5.46. The summed E-state index contributed by atoms with van der Waals surface area (Å²) in [4.78, 5) is 11.0. The third kappa shape index (κ3) is 3.96. The molecule has 0 N–H and O–H groups in total. The van der Waals surface area contributed by atoms with Crippen LogP contribution in [0.1, 0.15) is 20.3 Å². The fraction of sp³-hybridized carbons (Fsp3) is 0.300. The maximum absolute atomic E-state index is 11.0. The van der Waals surface area contributed by atoms with E-state index in [0.717, 1.165) is 5.57 Å². The van der Waals surface area contributed by atoms with Gasteiger partial charge in [-0.05, 0) is 12.5 Å². The van der Waals surface area contributed by atoms with Gasteiger partial charge in [0, 0.05) is 6.42 Å². The second-order valence-corrected chi connectivity index (χ2v) is 2.50. The van der Waals surface area contributed by atoms with Crippen LogP contribution in [0.15, 0.2) is 35.9 Å². The molecule has 0 atom stereocenters. The van der Waals surface area contributed by atoms with Crippen LogP contribution in [0.25, 0.3) is 0 Å². The predicted molar refractivity (Wildman–Crippen MR) is 53.1 cm³/mol. The quantitative estimate of drug-likeness (QED) is 0.349. The van der Waals surface area contributed by atoms with Crippen molar-refractivity contribution >= 4 is 13.6 Å². The van der Waals surface area contributed by atoms with Gasteiger partial charge in [-0.15, -0.1) is 0 Å². The molecule has 12 heavy (non-hydrogen) atoms. The Kier molecular flexibility index (Phi) is 5.10. The molecule has 0 rings (SSSR count). The minimum absolute atomic E-state index is 0.142. The smallest absolute Gasteiger partial charge is 0.158 e. The number of carbonyl (C=O) groups excluding carboxylic acids is 1. The van der Waals surface area contributed by atoms with E-state index in [4.69, 9.17) is 7.85 Å². The van der Waals surface area contributed by atoms with Crippen molar-refractivity contribution < 1.29 is 4.79 Å². The van der Waals surface area contributed by atoms with E-state index >= 15 is 0 Å². The molecule has 0 aromatic heterocycles. The first-order valence-electron chi connectivity index (χ1n) is 3.91. The Bertz CT molecular complexity index is 236. The summed E-state index contributed by atoms with van der Waals surface area (Å²) in [6, 6.07) is 0. The molecule has 0 bridgehead atoms. The average Bonchev–Trinajstić information content (AvgIpc) is 2.11. The van der Waals surface area contributed by atoms with Gasteiger partial charge in [0.05, 0.1) is 0 Å². The molecule has 0 aliphatic carbocycles. The van der Waals surface area contributed by atoms with E-state index in [1.54, 1.807) is 25.2 Å². The maximum atomic E-state index is 11.0. The van der Waals surface area contributed by atoms with Gasteiger partial charge in [0.25, 0.3) is 0 Å². The van der Waals surface area contributed by atoms with Gasteiger partial charge >= 0.3 is 0 Å². The minimum Gasteiger partial charge on any atom is -0.295 e. The van der Waals surface area contributed by atoms with Crippen molar-refractivity contribution in [3.8, 4) is 0 Å². The molecule has 1 nitrogen and oxygen atoms in total. The number of carbonyl (C=O) groups is 1. The Balaban J connectivity index is 4.37.